The van der Waals surface area contributed by atoms with Crippen molar-refractivity contribution in [3.63, 3.8) is 0 Å². The van der Waals surface area contributed by atoms with Crippen LogP contribution in [0.2, 0.25) is 5.02 Å². The molecular weight excluding hydrogens is 532 g/mol. The van der Waals surface area contributed by atoms with Crippen molar-refractivity contribution in [3.8, 4) is 0 Å². The number of hydrogen-bond acceptors (Lipinski definition) is 5. The lowest BCUT2D eigenvalue weighted by Crippen LogP contribution is -2.57. The van der Waals surface area contributed by atoms with Crippen LogP contribution in [-0.4, -0.2) is 57.2 Å². The molecule has 0 bridgehead atoms. The Kier molecular flexibility index (Phi) is 11.1. The standard InChI is InChI=1S/C25H32BBrClN3O4/c1-17(2)14-23(26-34-12-10-29-11-13-35-26)31-25(33)22(15-18-6-4-3-5-7-18)30-24(32)20-16-19(27)8-9-21(20)28/h3-9,16-17,22-23,29H,10-15H2,1-2H3,(H,30,32)(H,31,33)/t22-,23-/m0/s1. The van der Waals surface area contributed by atoms with Crippen molar-refractivity contribution in [2.75, 3.05) is 26.3 Å². The molecule has 3 N–H and O–H groups in total. The lowest BCUT2D eigenvalue weighted by atomic mass is 9.73. The van der Waals surface area contributed by atoms with E-state index in [1.807, 2.05) is 30.3 Å². The largest absolute Gasteiger partial charge is 0.480 e. The van der Waals surface area contributed by atoms with Gasteiger partial charge in [-0.15, -0.1) is 0 Å². The maximum absolute atomic E-state index is 13.6. The molecule has 0 aliphatic carbocycles. The van der Waals surface area contributed by atoms with E-state index in [9.17, 15) is 9.59 Å². The van der Waals surface area contributed by atoms with Gasteiger partial charge in [-0.3, -0.25) is 9.59 Å². The topological polar surface area (TPSA) is 88.7 Å². The first-order valence-corrected chi connectivity index (χ1v) is 13.0. The van der Waals surface area contributed by atoms with Crippen LogP contribution in [0.4, 0.5) is 0 Å². The van der Waals surface area contributed by atoms with Gasteiger partial charge >= 0.3 is 7.12 Å². The SMILES string of the molecule is CC(C)C[C@H](NC(=O)[C@H](Cc1ccccc1)NC(=O)c1cc(Br)ccc1Cl)B1OCCNCCO1. The normalized spacial score (nSPS) is 16.2. The predicted molar refractivity (Wildman–Crippen MR) is 142 cm³/mol. The number of carbonyl (C=O) groups excluding carboxylic acids is 2. The van der Waals surface area contributed by atoms with E-state index >= 15 is 0 Å². The average Bonchev–Trinajstić information content (AvgIpc) is 2.80. The van der Waals surface area contributed by atoms with Crippen LogP contribution in [-0.2, 0) is 20.5 Å². The van der Waals surface area contributed by atoms with Gasteiger partial charge in [-0.05, 0) is 36.1 Å². The van der Waals surface area contributed by atoms with Crippen LogP contribution in [0.15, 0.2) is 53.0 Å². The molecule has 2 aromatic carbocycles. The lowest BCUT2D eigenvalue weighted by molar-refractivity contribution is -0.123. The van der Waals surface area contributed by atoms with Gasteiger partial charge in [0, 0.05) is 37.2 Å². The second-order valence-electron chi connectivity index (χ2n) is 8.94. The molecule has 1 heterocycles. The van der Waals surface area contributed by atoms with Crippen molar-refractivity contribution >= 4 is 46.5 Å². The van der Waals surface area contributed by atoms with Gasteiger partial charge in [0.1, 0.15) is 6.04 Å². The average molecular weight is 565 g/mol. The maximum atomic E-state index is 13.6. The van der Waals surface area contributed by atoms with Gasteiger partial charge in [0.15, 0.2) is 0 Å². The van der Waals surface area contributed by atoms with E-state index in [0.29, 0.717) is 42.6 Å². The molecule has 2 atom stereocenters. The van der Waals surface area contributed by atoms with Crippen LogP contribution in [0.3, 0.4) is 0 Å². The Labute approximate surface area is 220 Å². The van der Waals surface area contributed by atoms with Crippen LogP contribution in [0.25, 0.3) is 0 Å². The molecule has 3 rings (SSSR count). The summed E-state index contributed by atoms with van der Waals surface area (Å²) in [6.07, 6.45) is 1.00. The van der Waals surface area contributed by atoms with Crippen LogP contribution >= 0.6 is 27.5 Å². The third-order valence-electron chi connectivity index (χ3n) is 5.58. The number of carbonyl (C=O) groups is 2. The van der Waals surface area contributed by atoms with Crippen LogP contribution in [0, 0.1) is 5.92 Å². The molecule has 0 spiro atoms. The van der Waals surface area contributed by atoms with Crippen LogP contribution in [0.5, 0.6) is 0 Å². The molecule has 10 heteroatoms. The molecule has 2 aromatic rings. The Bertz CT molecular complexity index is 974. The first-order valence-electron chi connectivity index (χ1n) is 11.9. The fourth-order valence-corrected chi connectivity index (χ4v) is 4.46. The molecule has 1 fully saturated rings. The number of nitrogens with one attached hydrogen (secondary N) is 3. The molecule has 2 amide bonds. The molecule has 0 aromatic heterocycles. The minimum atomic E-state index is -0.815. The van der Waals surface area contributed by atoms with E-state index in [4.69, 9.17) is 20.9 Å². The minimum absolute atomic E-state index is 0.296. The summed E-state index contributed by atoms with van der Waals surface area (Å²) in [6.45, 7) is 6.59. The highest BCUT2D eigenvalue weighted by Gasteiger charge is 2.35. The molecule has 0 radical (unpaired) electrons. The van der Waals surface area contributed by atoms with Crippen molar-refractivity contribution in [1.82, 2.24) is 16.0 Å². The zero-order valence-corrected chi connectivity index (χ0v) is 22.4. The Balaban J connectivity index is 1.80. The summed E-state index contributed by atoms with van der Waals surface area (Å²) in [6, 6.07) is 13.8. The molecule has 1 aliphatic rings. The van der Waals surface area contributed by atoms with Gasteiger partial charge in [-0.1, -0.05) is 71.7 Å². The first-order chi connectivity index (χ1) is 16.8. The van der Waals surface area contributed by atoms with Gasteiger partial charge in [0.05, 0.1) is 16.5 Å². The second-order valence-corrected chi connectivity index (χ2v) is 10.3. The van der Waals surface area contributed by atoms with Gasteiger partial charge < -0.3 is 25.3 Å². The molecule has 1 aliphatic heterocycles. The van der Waals surface area contributed by atoms with Gasteiger partial charge in [-0.2, -0.15) is 0 Å². The van der Waals surface area contributed by atoms with Gasteiger partial charge in [0.25, 0.3) is 5.91 Å². The van der Waals surface area contributed by atoms with Gasteiger partial charge in [0.2, 0.25) is 5.91 Å². The third-order valence-corrected chi connectivity index (χ3v) is 6.40. The summed E-state index contributed by atoms with van der Waals surface area (Å²) in [7, 11) is -0.559. The van der Waals surface area contributed by atoms with E-state index in [2.05, 4.69) is 45.7 Å². The van der Waals surface area contributed by atoms with E-state index in [1.54, 1.807) is 18.2 Å². The summed E-state index contributed by atoms with van der Waals surface area (Å²) in [5.74, 6) is -0.771. The second kappa shape index (κ2) is 14.0. The number of hydrogen-bond donors (Lipinski definition) is 3. The third kappa shape index (κ3) is 8.92. The fourth-order valence-electron chi connectivity index (χ4n) is 3.90. The Morgan fingerprint density at radius 1 is 1.09 bits per heavy atom. The van der Waals surface area contributed by atoms with Gasteiger partial charge in [-0.25, -0.2) is 0 Å². The summed E-state index contributed by atoms with van der Waals surface area (Å²) < 4.78 is 12.6. The van der Waals surface area contributed by atoms with E-state index in [-0.39, 0.29) is 11.8 Å². The van der Waals surface area contributed by atoms with Crippen molar-refractivity contribution < 1.29 is 18.9 Å². The van der Waals surface area contributed by atoms with E-state index in [0.717, 1.165) is 23.1 Å². The van der Waals surface area contributed by atoms with E-state index < -0.39 is 19.1 Å². The summed E-state index contributed by atoms with van der Waals surface area (Å²) in [5, 5.41) is 9.52. The van der Waals surface area contributed by atoms with Crippen molar-refractivity contribution in [2.45, 2.75) is 38.7 Å². The predicted octanol–water partition coefficient (Wildman–Crippen LogP) is 3.64. The molecule has 0 unspecified atom stereocenters. The quantitative estimate of drug-likeness (QED) is 0.405. The summed E-state index contributed by atoms with van der Waals surface area (Å²) in [5.41, 5.74) is 1.23. The Hall–Kier alpha value is -1.91. The number of benzene rings is 2. The Morgan fingerprint density at radius 2 is 1.77 bits per heavy atom. The zero-order valence-electron chi connectivity index (χ0n) is 20.1. The monoisotopic (exact) mass is 563 g/mol. The molecule has 188 valence electrons. The molecule has 35 heavy (non-hydrogen) atoms. The maximum Gasteiger partial charge on any atom is 0.480 e. The lowest BCUT2D eigenvalue weighted by Gasteiger charge is -2.29. The highest BCUT2D eigenvalue weighted by molar-refractivity contribution is 9.10. The van der Waals surface area contributed by atoms with Crippen LogP contribution in [0.1, 0.15) is 36.2 Å². The highest BCUT2D eigenvalue weighted by Crippen LogP contribution is 2.21. The summed E-state index contributed by atoms with van der Waals surface area (Å²) in [4.78, 5) is 26.7. The summed E-state index contributed by atoms with van der Waals surface area (Å²) >= 11 is 9.64. The first kappa shape index (κ1) is 27.7. The van der Waals surface area contributed by atoms with Crippen molar-refractivity contribution in [3.05, 3.63) is 69.2 Å². The smallest absolute Gasteiger partial charge is 0.408 e. The number of rotatable bonds is 9. The zero-order chi connectivity index (χ0) is 25.2. The minimum Gasteiger partial charge on any atom is -0.408 e. The molecule has 0 saturated carbocycles. The van der Waals surface area contributed by atoms with Crippen LogP contribution < -0.4 is 16.0 Å². The molecular formula is C25H32BBrClN3O4. The fraction of sp³-hybridized carbons (Fsp3) is 0.440. The Morgan fingerprint density at radius 3 is 2.43 bits per heavy atom. The number of amides is 2. The molecule has 7 nitrogen and oxygen atoms in total. The number of halogens is 2. The van der Waals surface area contributed by atoms with Crippen molar-refractivity contribution in [2.24, 2.45) is 5.92 Å². The van der Waals surface area contributed by atoms with E-state index in [1.165, 1.54) is 0 Å². The highest BCUT2D eigenvalue weighted by atomic mass is 79.9. The molecule has 1 saturated heterocycles. The van der Waals surface area contributed by atoms with Crippen molar-refractivity contribution in [1.29, 1.82) is 0 Å².